The quantitative estimate of drug-likeness (QED) is 0.723. The molecule has 1 aliphatic heterocycles. The molecule has 1 saturated carbocycles. The molecule has 0 bridgehead atoms. The van der Waals surface area contributed by atoms with Crippen LogP contribution < -0.4 is 5.32 Å². The molecule has 0 aromatic rings. The first-order valence-corrected chi connectivity index (χ1v) is 7.18. The molecule has 1 heterocycles. The summed E-state index contributed by atoms with van der Waals surface area (Å²) in [4.78, 5) is 14.4. The molecule has 1 aliphatic carbocycles. The molecule has 0 radical (unpaired) electrons. The topological polar surface area (TPSA) is 50.8 Å². The van der Waals surface area contributed by atoms with Crippen molar-refractivity contribution in [3.05, 3.63) is 0 Å². The highest BCUT2D eigenvalue weighted by Gasteiger charge is 2.41. The third kappa shape index (κ3) is 3.91. The molecule has 1 saturated heterocycles. The number of esters is 1. The summed E-state index contributed by atoms with van der Waals surface area (Å²) in [6, 6.07) is 0.479. The summed E-state index contributed by atoms with van der Waals surface area (Å²) in [5.74, 6) is -0.168. The van der Waals surface area contributed by atoms with Gasteiger partial charge in [-0.3, -0.25) is 15.0 Å². The highest BCUT2D eigenvalue weighted by Crippen LogP contribution is 2.24. The van der Waals surface area contributed by atoms with Gasteiger partial charge in [-0.05, 0) is 39.2 Å². The standard InChI is InChI=1S/C14H26N2O3/c1-14(13(17)19-3,15-11-6-7-11)10-16-8-4-5-12(9-16)18-2/h11-12,15H,4-10H2,1-3H3. The van der Waals surface area contributed by atoms with Crippen LogP contribution in [0.1, 0.15) is 32.6 Å². The van der Waals surface area contributed by atoms with Gasteiger partial charge in [0.15, 0.2) is 0 Å². The molecule has 19 heavy (non-hydrogen) atoms. The average molecular weight is 270 g/mol. The van der Waals surface area contributed by atoms with E-state index in [1.165, 1.54) is 7.11 Å². The largest absolute Gasteiger partial charge is 0.468 e. The number of hydrogen-bond acceptors (Lipinski definition) is 5. The van der Waals surface area contributed by atoms with Gasteiger partial charge >= 0.3 is 5.97 Å². The number of rotatable bonds is 6. The fraction of sp³-hybridized carbons (Fsp3) is 0.929. The maximum atomic E-state index is 12.1. The predicted octanol–water partition coefficient (Wildman–Crippen LogP) is 0.781. The summed E-state index contributed by atoms with van der Waals surface area (Å²) in [6.45, 7) is 4.57. The van der Waals surface area contributed by atoms with Crippen LogP contribution in [0, 0.1) is 0 Å². The SMILES string of the molecule is COC(=O)C(C)(CN1CCCC(OC)C1)NC1CC1. The number of nitrogens with one attached hydrogen (secondary N) is 1. The van der Waals surface area contributed by atoms with E-state index in [2.05, 4.69) is 10.2 Å². The number of ether oxygens (including phenoxy) is 2. The Kier molecular flexibility index (Phi) is 4.81. The Morgan fingerprint density at radius 3 is 2.68 bits per heavy atom. The number of carbonyl (C=O) groups excluding carboxylic acids is 1. The molecule has 1 N–H and O–H groups in total. The molecule has 2 unspecified atom stereocenters. The van der Waals surface area contributed by atoms with Crippen LogP contribution in [0.4, 0.5) is 0 Å². The molecule has 0 amide bonds. The zero-order chi connectivity index (χ0) is 13.9. The first-order chi connectivity index (χ1) is 9.07. The summed E-state index contributed by atoms with van der Waals surface area (Å²) in [5, 5.41) is 3.44. The van der Waals surface area contributed by atoms with E-state index in [0.29, 0.717) is 12.6 Å². The minimum atomic E-state index is -0.606. The van der Waals surface area contributed by atoms with Gasteiger partial charge in [-0.25, -0.2) is 0 Å². The van der Waals surface area contributed by atoms with Gasteiger partial charge in [-0.15, -0.1) is 0 Å². The van der Waals surface area contributed by atoms with Gasteiger partial charge < -0.3 is 9.47 Å². The van der Waals surface area contributed by atoms with Gasteiger partial charge in [-0.2, -0.15) is 0 Å². The van der Waals surface area contributed by atoms with Gasteiger partial charge in [0.25, 0.3) is 0 Å². The molecular formula is C14H26N2O3. The maximum Gasteiger partial charge on any atom is 0.327 e. The van der Waals surface area contributed by atoms with Gasteiger partial charge in [0.05, 0.1) is 13.2 Å². The fourth-order valence-electron chi connectivity index (χ4n) is 2.87. The minimum absolute atomic E-state index is 0.168. The summed E-state index contributed by atoms with van der Waals surface area (Å²) in [7, 11) is 3.22. The second-order valence-electron chi connectivity index (χ2n) is 5.98. The summed E-state index contributed by atoms with van der Waals surface area (Å²) in [5.41, 5.74) is -0.606. The molecule has 0 aromatic carbocycles. The van der Waals surface area contributed by atoms with Crippen molar-refractivity contribution < 1.29 is 14.3 Å². The van der Waals surface area contributed by atoms with Crippen LogP contribution in [0.15, 0.2) is 0 Å². The van der Waals surface area contributed by atoms with Crippen molar-refractivity contribution in [2.45, 2.75) is 50.3 Å². The van der Waals surface area contributed by atoms with Crippen molar-refractivity contribution in [3.8, 4) is 0 Å². The van der Waals surface area contributed by atoms with Gasteiger partial charge in [0.1, 0.15) is 5.54 Å². The molecule has 5 nitrogen and oxygen atoms in total. The van der Waals surface area contributed by atoms with E-state index in [-0.39, 0.29) is 12.1 Å². The number of carbonyl (C=O) groups is 1. The minimum Gasteiger partial charge on any atom is -0.468 e. The second kappa shape index (κ2) is 6.20. The first kappa shape index (κ1) is 14.8. The lowest BCUT2D eigenvalue weighted by Crippen LogP contribution is -2.59. The van der Waals surface area contributed by atoms with E-state index in [0.717, 1.165) is 38.8 Å². The van der Waals surface area contributed by atoms with Crippen LogP contribution in [-0.4, -0.2) is 62.4 Å². The molecule has 0 spiro atoms. The first-order valence-electron chi connectivity index (χ1n) is 7.18. The highest BCUT2D eigenvalue weighted by atomic mass is 16.5. The number of piperidine rings is 1. The normalized spacial score (nSPS) is 27.8. The Morgan fingerprint density at radius 1 is 1.37 bits per heavy atom. The van der Waals surface area contributed by atoms with Crippen molar-refractivity contribution in [3.63, 3.8) is 0 Å². The zero-order valence-electron chi connectivity index (χ0n) is 12.3. The Labute approximate surface area is 115 Å². The van der Waals surface area contributed by atoms with Crippen molar-refractivity contribution >= 4 is 5.97 Å². The van der Waals surface area contributed by atoms with Crippen molar-refractivity contribution in [2.24, 2.45) is 0 Å². The van der Waals surface area contributed by atoms with Crippen molar-refractivity contribution in [1.82, 2.24) is 10.2 Å². The van der Waals surface area contributed by atoms with Gasteiger partial charge in [-0.1, -0.05) is 0 Å². The molecule has 110 valence electrons. The second-order valence-corrected chi connectivity index (χ2v) is 5.98. The summed E-state index contributed by atoms with van der Waals surface area (Å²) < 4.78 is 10.4. The Morgan fingerprint density at radius 2 is 2.11 bits per heavy atom. The van der Waals surface area contributed by atoms with E-state index >= 15 is 0 Å². The molecule has 0 aromatic heterocycles. The lowest BCUT2D eigenvalue weighted by atomic mass is 9.99. The van der Waals surface area contributed by atoms with E-state index in [9.17, 15) is 4.79 Å². The van der Waals surface area contributed by atoms with E-state index in [4.69, 9.17) is 9.47 Å². The van der Waals surface area contributed by atoms with E-state index < -0.39 is 5.54 Å². The molecular weight excluding hydrogens is 244 g/mol. The Hall–Kier alpha value is -0.650. The molecule has 5 heteroatoms. The average Bonchev–Trinajstić information content (AvgIpc) is 3.21. The van der Waals surface area contributed by atoms with Gasteiger partial charge in [0, 0.05) is 26.2 Å². The van der Waals surface area contributed by atoms with Crippen LogP contribution in [0.2, 0.25) is 0 Å². The van der Waals surface area contributed by atoms with E-state index in [1.807, 2.05) is 6.92 Å². The molecule has 2 aliphatic rings. The maximum absolute atomic E-state index is 12.1. The Balaban J connectivity index is 1.96. The van der Waals surface area contributed by atoms with Crippen molar-refractivity contribution in [2.75, 3.05) is 33.9 Å². The van der Waals surface area contributed by atoms with E-state index in [1.54, 1.807) is 7.11 Å². The highest BCUT2D eigenvalue weighted by molar-refractivity contribution is 5.80. The van der Waals surface area contributed by atoms with Crippen molar-refractivity contribution in [1.29, 1.82) is 0 Å². The van der Waals surface area contributed by atoms with Crippen LogP contribution >= 0.6 is 0 Å². The third-order valence-corrected chi connectivity index (χ3v) is 4.07. The number of likely N-dealkylation sites (tertiary alicyclic amines) is 1. The number of hydrogen-bond donors (Lipinski definition) is 1. The fourth-order valence-corrected chi connectivity index (χ4v) is 2.87. The van der Waals surface area contributed by atoms with Crippen LogP contribution in [0.25, 0.3) is 0 Å². The number of methoxy groups -OCH3 is 2. The third-order valence-electron chi connectivity index (χ3n) is 4.07. The van der Waals surface area contributed by atoms with Gasteiger partial charge in [0.2, 0.25) is 0 Å². The molecule has 2 atom stereocenters. The van der Waals surface area contributed by atoms with Crippen LogP contribution in [0.3, 0.4) is 0 Å². The molecule has 2 fully saturated rings. The molecule has 2 rings (SSSR count). The smallest absolute Gasteiger partial charge is 0.327 e. The number of nitrogens with zero attached hydrogens (tertiary/aromatic N) is 1. The Bertz CT molecular complexity index is 320. The summed E-state index contributed by atoms with van der Waals surface area (Å²) >= 11 is 0. The zero-order valence-corrected chi connectivity index (χ0v) is 12.3. The predicted molar refractivity (Wildman–Crippen MR) is 73.0 cm³/mol. The lowest BCUT2D eigenvalue weighted by Gasteiger charge is -2.38. The van der Waals surface area contributed by atoms with Crippen LogP contribution in [0.5, 0.6) is 0 Å². The van der Waals surface area contributed by atoms with Crippen LogP contribution in [-0.2, 0) is 14.3 Å². The monoisotopic (exact) mass is 270 g/mol. The summed E-state index contributed by atoms with van der Waals surface area (Å²) in [6.07, 6.45) is 4.84. The lowest BCUT2D eigenvalue weighted by molar-refractivity contribution is -0.149.